The second-order valence-corrected chi connectivity index (χ2v) is 5.55. The minimum absolute atomic E-state index is 0. The fraction of sp³-hybridized carbons (Fsp3) is 0.111. The summed E-state index contributed by atoms with van der Waals surface area (Å²) in [5, 5.41) is 12.6. The van der Waals surface area contributed by atoms with Gasteiger partial charge in [0.15, 0.2) is 0 Å². The summed E-state index contributed by atoms with van der Waals surface area (Å²) in [4.78, 5) is 15.2. The summed E-state index contributed by atoms with van der Waals surface area (Å²) in [7, 11) is 0. The largest absolute Gasteiger partial charge is 0.478 e. The fourth-order valence-corrected chi connectivity index (χ4v) is 2.53. The molecule has 0 radical (unpaired) electrons. The number of pyridine rings is 1. The smallest absolute Gasteiger partial charge is 0.416 e. The molecular weight excluding hydrogens is 369 g/mol. The summed E-state index contributed by atoms with van der Waals surface area (Å²) in [6.45, 7) is 1.68. The van der Waals surface area contributed by atoms with Crippen LogP contribution in [0, 0.1) is 6.92 Å². The van der Waals surface area contributed by atoms with Crippen LogP contribution in [0.5, 0.6) is 0 Å². The van der Waals surface area contributed by atoms with E-state index in [1.807, 2.05) is 0 Å². The Morgan fingerprint density at radius 3 is 2.50 bits per heavy atom. The Kier molecular flexibility index (Phi) is 5.41. The van der Waals surface area contributed by atoms with Gasteiger partial charge >= 0.3 is 12.1 Å². The third-order valence-electron chi connectivity index (χ3n) is 3.65. The van der Waals surface area contributed by atoms with Crippen molar-refractivity contribution in [1.29, 1.82) is 0 Å². The average molecular weight is 383 g/mol. The lowest BCUT2D eigenvalue weighted by molar-refractivity contribution is -0.137. The molecule has 0 spiro atoms. The Morgan fingerprint density at radius 2 is 1.85 bits per heavy atom. The number of fused-ring (bicyclic) bond motifs is 1. The predicted molar refractivity (Wildman–Crippen MR) is 95.4 cm³/mol. The molecule has 0 bridgehead atoms. The molecule has 1 aromatic heterocycles. The topological polar surface area (TPSA) is 62.2 Å². The molecule has 8 heteroatoms. The monoisotopic (exact) mass is 382 g/mol. The summed E-state index contributed by atoms with van der Waals surface area (Å²) in [6, 6.07) is 11.2. The van der Waals surface area contributed by atoms with Crippen molar-refractivity contribution >= 4 is 40.7 Å². The quantitative estimate of drug-likeness (QED) is 0.634. The normalized spacial score (nSPS) is 11.1. The lowest BCUT2D eigenvalue weighted by atomic mass is 10.1. The first-order valence-electron chi connectivity index (χ1n) is 7.33. The molecule has 0 aliphatic carbocycles. The van der Waals surface area contributed by atoms with E-state index in [0.717, 1.165) is 12.1 Å². The molecule has 0 aliphatic heterocycles. The Hall–Kier alpha value is -2.80. The van der Waals surface area contributed by atoms with Gasteiger partial charge in [0, 0.05) is 22.5 Å². The minimum Gasteiger partial charge on any atom is -0.478 e. The third-order valence-corrected chi connectivity index (χ3v) is 3.65. The zero-order valence-corrected chi connectivity index (χ0v) is 14.3. The van der Waals surface area contributed by atoms with Gasteiger partial charge in [-0.2, -0.15) is 13.2 Å². The Labute approximate surface area is 153 Å². The third kappa shape index (κ3) is 4.05. The SMILES string of the molecule is Cc1cc(Nc2cccc(C(=O)O)c2)c2ccc(C(F)(F)F)cc2n1.Cl. The van der Waals surface area contributed by atoms with Gasteiger partial charge in [0.05, 0.1) is 16.6 Å². The molecule has 3 aromatic rings. The molecule has 0 aliphatic rings. The summed E-state index contributed by atoms with van der Waals surface area (Å²) < 4.78 is 38.7. The number of aromatic nitrogens is 1. The number of carboxylic acids is 1. The van der Waals surface area contributed by atoms with Crippen molar-refractivity contribution in [3.05, 3.63) is 65.4 Å². The molecule has 26 heavy (non-hydrogen) atoms. The van der Waals surface area contributed by atoms with Gasteiger partial charge in [0.25, 0.3) is 0 Å². The van der Waals surface area contributed by atoms with Gasteiger partial charge in [-0.1, -0.05) is 12.1 Å². The fourth-order valence-electron chi connectivity index (χ4n) is 2.53. The number of hydrogen-bond acceptors (Lipinski definition) is 3. The highest BCUT2D eigenvalue weighted by Gasteiger charge is 2.30. The van der Waals surface area contributed by atoms with Crippen LogP contribution in [0.4, 0.5) is 24.5 Å². The van der Waals surface area contributed by atoms with Crippen LogP contribution >= 0.6 is 12.4 Å². The highest BCUT2D eigenvalue weighted by Crippen LogP contribution is 2.33. The van der Waals surface area contributed by atoms with Crippen LogP contribution in [-0.2, 0) is 6.18 Å². The van der Waals surface area contributed by atoms with Crippen LogP contribution in [0.2, 0.25) is 0 Å². The van der Waals surface area contributed by atoms with Gasteiger partial charge < -0.3 is 10.4 Å². The molecule has 2 aromatic carbocycles. The van der Waals surface area contributed by atoms with Crippen molar-refractivity contribution < 1.29 is 23.1 Å². The van der Waals surface area contributed by atoms with Gasteiger partial charge in [0.2, 0.25) is 0 Å². The van der Waals surface area contributed by atoms with E-state index in [9.17, 15) is 18.0 Å². The maximum absolute atomic E-state index is 12.9. The molecule has 2 N–H and O–H groups in total. The Balaban J connectivity index is 0.00000243. The number of hydrogen-bond donors (Lipinski definition) is 2. The van der Waals surface area contributed by atoms with Gasteiger partial charge in [-0.3, -0.25) is 4.98 Å². The van der Waals surface area contributed by atoms with Gasteiger partial charge in [-0.15, -0.1) is 12.4 Å². The average Bonchev–Trinajstić information content (AvgIpc) is 2.53. The zero-order valence-electron chi connectivity index (χ0n) is 13.5. The number of aryl methyl sites for hydroxylation is 1. The van der Waals surface area contributed by atoms with Gasteiger partial charge in [-0.25, -0.2) is 4.79 Å². The predicted octanol–water partition coefficient (Wildman–Crippen LogP) is 5.43. The lowest BCUT2D eigenvalue weighted by Gasteiger charge is -2.13. The van der Waals surface area contributed by atoms with Gasteiger partial charge in [-0.05, 0) is 43.3 Å². The maximum Gasteiger partial charge on any atom is 0.416 e. The summed E-state index contributed by atoms with van der Waals surface area (Å²) in [5.74, 6) is -1.06. The van der Waals surface area contributed by atoms with E-state index in [1.165, 1.54) is 18.2 Å². The highest BCUT2D eigenvalue weighted by atomic mass is 35.5. The van der Waals surface area contributed by atoms with Crippen LogP contribution in [0.15, 0.2) is 48.5 Å². The van der Waals surface area contributed by atoms with Crippen LogP contribution < -0.4 is 5.32 Å². The second-order valence-electron chi connectivity index (χ2n) is 5.55. The number of rotatable bonds is 3. The molecule has 0 fully saturated rings. The van der Waals surface area contributed by atoms with E-state index in [1.54, 1.807) is 25.1 Å². The first kappa shape index (κ1) is 19.5. The molecule has 0 amide bonds. The zero-order chi connectivity index (χ0) is 18.2. The summed E-state index contributed by atoms with van der Waals surface area (Å²) in [6.07, 6.45) is -4.44. The molecule has 0 saturated carbocycles. The second kappa shape index (κ2) is 7.21. The first-order chi connectivity index (χ1) is 11.7. The Bertz CT molecular complexity index is 974. The van der Waals surface area contributed by atoms with Crippen molar-refractivity contribution in [3.63, 3.8) is 0 Å². The molecule has 0 saturated heterocycles. The van der Waals surface area contributed by atoms with Gasteiger partial charge in [0.1, 0.15) is 0 Å². The molecule has 4 nitrogen and oxygen atoms in total. The number of nitrogens with zero attached hydrogens (tertiary/aromatic N) is 1. The Morgan fingerprint density at radius 1 is 1.12 bits per heavy atom. The number of aromatic carboxylic acids is 1. The van der Waals surface area contributed by atoms with E-state index < -0.39 is 17.7 Å². The van der Waals surface area contributed by atoms with E-state index in [-0.39, 0.29) is 23.5 Å². The van der Waals surface area contributed by atoms with E-state index >= 15 is 0 Å². The molecule has 0 unspecified atom stereocenters. The van der Waals surface area contributed by atoms with Crippen molar-refractivity contribution in [1.82, 2.24) is 4.98 Å². The lowest BCUT2D eigenvalue weighted by Crippen LogP contribution is -2.05. The number of nitrogens with one attached hydrogen (secondary N) is 1. The van der Waals surface area contributed by atoms with Crippen LogP contribution in [0.1, 0.15) is 21.6 Å². The number of halogens is 4. The molecule has 3 rings (SSSR count). The number of carbonyl (C=O) groups is 1. The number of benzene rings is 2. The van der Waals surface area contributed by atoms with E-state index in [0.29, 0.717) is 22.5 Å². The van der Waals surface area contributed by atoms with Crippen LogP contribution in [0.3, 0.4) is 0 Å². The molecule has 1 heterocycles. The van der Waals surface area contributed by atoms with Crippen LogP contribution in [-0.4, -0.2) is 16.1 Å². The summed E-state index contributed by atoms with van der Waals surface area (Å²) in [5.41, 5.74) is 1.18. The van der Waals surface area contributed by atoms with Crippen molar-refractivity contribution in [2.24, 2.45) is 0 Å². The summed E-state index contributed by atoms with van der Waals surface area (Å²) >= 11 is 0. The van der Waals surface area contributed by atoms with E-state index in [4.69, 9.17) is 5.11 Å². The molecule has 136 valence electrons. The van der Waals surface area contributed by atoms with Crippen molar-refractivity contribution in [3.8, 4) is 0 Å². The highest BCUT2D eigenvalue weighted by molar-refractivity contribution is 5.94. The van der Waals surface area contributed by atoms with Crippen molar-refractivity contribution in [2.75, 3.05) is 5.32 Å². The molecule has 0 atom stereocenters. The first-order valence-corrected chi connectivity index (χ1v) is 7.33. The van der Waals surface area contributed by atoms with E-state index in [2.05, 4.69) is 10.3 Å². The number of alkyl halides is 3. The van der Waals surface area contributed by atoms with Crippen molar-refractivity contribution in [2.45, 2.75) is 13.1 Å². The number of carboxylic acid groups (broad SMARTS) is 1. The number of anilines is 2. The minimum atomic E-state index is -4.44. The van der Waals surface area contributed by atoms with Crippen LogP contribution in [0.25, 0.3) is 10.9 Å². The maximum atomic E-state index is 12.9. The standard InChI is InChI=1S/C18H13F3N2O2.ClH/c1-10-7-15(23-13-4-2-3-11(8-13)17(24)25)14-6-5-12(18(19,20)21)9-16(14)22-10;/h2-9H,1H3,(H,22,23)(H,24,25);1H. The molecular formula is C18H14ClF3N2O2.